The smallest absolute Gasteiger partial charge is 0.185 e. The van der Waals surface area contributed by atoms with Crippen LogP contribution in [0.1, 0.15) is 33.4 Å². The molecule has 5 rings (SSSR count). The average Bonchev–Trinajstić information content (AvgIpc) is 3.34. The lowest BCUT2D eigenvalue weighted by Crippen LogP contribution is -1.94. The summed E-state index contributed by atoms with van der Waals surface area (Å²) in [6.45, 7) is 0. The van der Waals surface area contributed by atoms with Gasteiger partial charge < -0.3 is 4.42 Å². The number of aldehydes is 1. The van der Waals surface area contributed by atoms with Gasteiger partial charge in [-0.1, -0.05) is 115 Å². The van der Waals surface area contributed by atoms with E-state index in [1.165, 1.54) is 0 Å². The summed E-state index contributed by atoms with van der Waals surface area (Å²) in [5.74, 6) is 0.403. The maximum Gasteiger partial charge on any atom is 0.185 e. The van der Waals surface area contributed by atoms with Gasteiger partial charge in [-0.3, -0.25) is 14.8 Å². The van der Waals surface area contributed by atoms with Gasteiger partial charge in [0.15, 0.2) is 18.2 Å². The lowest BCUT2D eigenvalue weighted by atomic mass is 10.1. The first-order valence-corrected chi connectivity index (χ1v) is 11.0. The molecule has 0 aliphatic rings. The molecule has 0 fully saturated rings. The SMILES string of the molecule is C(=NC(N=Cc1ccccc1)c1ccccc1)c1ccccc1.O=Cc1occ2ccccc12. The molecule has 0 saturated carbocycles. The van der Waals surface area contributed by atoms with E-state index in [1.54, 1.807) is 6.26 Å². The van der Waals surface area contributed by atoms with Crippen molar-refractivity contribution in [3.8, 4) is 0 Å². The molecule has 166 valence electrons. The molecule has 0 saturated heterocycles. The molecule has 1 aromatic heterocycles. The molecule has 0 radical (unpaired) electrons. The highest BCUT2D eigenvalue weighted by molar-refractivity contribution is 5.95. The molecule has 1 heterocycles. The molecule has 0 bridgehead atoms. The Labute approximate surface area is 198 Å². The summed E-state index contributed by atoms with van der Waals surface area (Å²) in [4.78, 5) is 19.7. The Kier molecular flexibility index (Phi) is 7.90. The van der Waals surface area contributed by atoms with Gasteiger partial charge in [0.1, 0.15) is 0 Å². The van der Waals surface area contributed by atoms with Crippen molar-refractivity contribution < 1.29 is 9.21 Å². The van der Waals surface area contributed by atoms with Crippen LogP contribution in [0.5, 0.6) is 0 Å². The van der Waals surface area contributed by atoms with E-state index in [9.17, 15) is 4.79 Å². The Morgan fingerprint density at radius 1 is 0.618 bits per heavy atom. The highest BCUT2D eigenvalue weighted by Gasteiger charge is 2.05. The van der Waals surface area contributed by atoms with E-state index in [2.05, 4.69) is 22.1 Å². The van der Waals surface area contributed by atoms with Crippen molar-refractivity contribution in [3.05, 3.63) is 144 Å². The molecule has 0 aliphatic carbocycles. The topological polar surface area (TPSA) is 54.9 Å². The van der Waals surface area contributed by atoms with Crippen LogP contribution in [0.4, 0.5) is 0 Å². The number of fused-ring (bicyclic) bond motifs is 1. The lowest BCUT2D eigenvalue weighted by molar-refractivity contribution is 0.110. The number of hydrogen-bond acceptors (Lipinski definition) is 4. The summed E-state index contributed by atoms with van der Waals surface area (Å²) in [6, 6.07) is 37.9. The summed E-state index contributed by atoms with van der Waals surface area (Å²) >= 11 is 0. The van der Waals surface area contributed by atoms with Crippen molar-refractivity contribution in [3.63, 3.8) is 0 Å². The first kappa shape index (κ1) is 22.6. The van der Waals surface area contributed by atoms with E-state index in [1.807, 2.05) is 116 Å². The lowest BCUT2D eigenvalue weighted by Gasteiger charge is -2.07. The van der Waals surface area contributed by atoms with Crippen molar-refractivity contribution >= 4 is 29.5 Å². The van der Waals surface area contributed by atoms with Crippen molar-refractivity contribution in [1.82, 2.24) is 0 Å². The maximum absolute atomic E-state index is 10.4. The molecule has 4 nitrogen and oxygen atoms in total. The van der Waals surface area contributed by atoms with E-state index in [0.717, 1.165) is 33.7 Å². The van der Waals surface area contributed by atoms with Crippen molar-refractivity contribution in [2.45, 2.75) is 6.17 Å². The fourth-order valence-electron chi connectivity index (χ4n) is 3.33. The molecular weight excluding hydrogens is 420 g/mol. The van der Waals surface area contributed by atoms with E-state index in [4.69, 9.17) is 4.42 Å². The second-order valence-electron chi connectivity index (χ2n) is 7.47. The number of benzene rings is 4. The zero-order valence-corrected chi connectivity index (χ0v) is 18.6. The molecule has 5 aromatic rings. The van der Waals surface area contributed by atoms with Gasteiger partial charge in [-0.2, -0.15) is 0 Å². The molecule has 0 atom stereocenters. The second kappa shape index (κ2) is 11.9. The van der Waals surface area contributed by atoms with Crippen LogP contribution in [-0.4, -0.2) is 18.7 Å². The highest BCUT2D eigenvalue weighted by atomic mass is 16.3. The van der Waals surface area contributed by atoms with Gasteiger partial charge in [0.25, 0.3) is 0 Å². The monoisotopic (exact) mass is 444 g/mol. The van der Waals surface area contributed by atoms with Crippen LogP contribution in [0, 0.1) is 0 Å². The van der Waals surface area contributed by atoms with E-state index < -0.39 is 0 Å². The molecule has 4 aromatic carbocycles. The van der Waals surface area contributed by atoms with Crippen molar-refractivity contribution in [2.24, 2.45) is 9.98 Å². The molecule has 4 heteroatoms. The maximum atomic E-state index is 10.4. The third-order valence-electron chi connectivity index (χ3n) is 5.07. The Bertz CT molecular complexity index is 1310. The summed E-state index contributed by atoms with van der Waals surface area (Å²) in [5, 5.41) is 1.84. The van der Waals surface area contributed by atoms with Crippen LogP contribution in [0.3, 0.4) is 0 Å². The normalized spacial score (nSPS) is 11.9. The van der Waals surface area contributed by atoms with Crippen molar-refractivity contribution in [2.75, 3.05) is 0 Å². The summed E-state index contributed by atoms with van der Waals surface area (Å²) in [7, 11) is 0. The third-order valence-corrected chi connectivity index (χ3v) is 5.07. The van der Waals surface area contributed by atoms with Crippen LogP contribution in [0.15, 0.2) is 136 Å². The van der Waals surface area contributed by atoms with Crippen LogP contribution >= 0.6 is 0 Å². The first-order valence-electron chi connectivity index (χ1n) is 11.0. The summed E-state index contributed by atoms with van der Waals surface area (Å²) < 4.78 is 5.00. The fourth-order valence-corrected chi connectivity index (χ4v) is 3.33. The standard InChI is InChI=1S/C21H18N2.C9H6O2/c1-4-10-18(11-5-1)16-22-21(20-14-8-3-9-15-20)23-17-19-12-6-2-7-13-19;10-5-9-8-4-2-1-3-7(8)6-11-9/h1-17,21H;1-6H. The number of furan rings is 1. The number of hydrogen-bond donors (Lipinski definition) is 0. The molecule has 0 amide bonds. The van der Waals surface area contributed by atoms with Crippen LogP contribution in [0.2, 0.25) is 0 Å². The third kappa shape index (κ3) is 6.24. The van der Waals surface area contributed by atoms with E-state index in [-0.39, 0.29) is 6.17 Å². The number of nitrogens with zero attached hydrogens (tertiary/aromatic N) is 2. The minimum atomic E-state index is -0.239. The number of aliphatic imine (C=N–C) groups is 2. The Balaban J connectivity index is 0.000000207. The van der Waals surface area contributed by atoms with Crippen molar-refractivity contribution in [1.29, 1.82) is 0 Å². The Morgan fingerprint density at radius 3 is 1.68 bits per heavy atom. The number of carbonyl (C=O) groups excluding carboxylic acids is 1. The van der Waals surface area contributed by atoms with Gasteiger partial charge in [-0.25, -0.2) is 0 Å². The molecule has 0 N–H and O–H groups in total. The molecule has 0 spiro atoms. The largest absolute Gasteiger partial charge is 0.460 e. The minimum absolute atomic E-state index is 0.239. The molecule has 34 heavy (non-hydrogen) atoms. The molecule has 0 aliphatic heterocycles. The summed E-state index contributed by atoms with van der Waals surface area (Å²) in [5.41, 5.74) is 3.22. The van der Waals surface area contributed by atoms with Gasteiger partial charge >= 0.3 is 0 Å². The number of carbonyl (C=O) groups is 1. The van der Waals surface area contributed by atoms with Gasteiger partial charge in [-0.15, -0.1) is 0 Å². The number of rotatable bonds is 6. The minimum Gasteiger partial charge on any atom is -0.460 e. The van der Waals surface area contributed by atoms with Crippen LogP contribution in [0.25, 0.3) is 10.8 Å². The van der Waals surface area contributed by atoms with Gasteiger partial charge in [0.05, 0.1) is 6.26 Å². The predicted octanol–water partition coefficient (Wildman–Crippen LogP) is 7.17. The highest BCUT2D eigenvalue weighted by Crippen LogP contribution is 2.19. The van der Waals surface area contributed by atoms with E-state index >= 15 is 0 Å². The van der Waals surface area contributed by atoms with Crippen LogP contribution in [-0.2, 0) is 0 Å². The van der Waals surface area contributed by atoms with Gasteiger partial charge in [0, 0.05) is 23.2 Å². The Morgan fingerprint density at radius 2 is 1.12 bits per heavy atom. The molecular formula is C30H24N2O2. The van der Waals surface area contributed by atoms with E-state index in [0.29, 0.717) is 5.76 Å². The van der Waals surface area contributed by atoms with Gasteiger partial charge in [0.2, 0.25) is 0 Å². The first-order chi connectivity index (χ1) is 16.8. The van der Waals surface area contributed by atoms with Crippen LogP contribution < -0.4 is 0 Å². The zero-order chi connectivity index (χ0) is 23.4. The predicted molar refractivity (Wildman–Crippen MR) is 139 cm³/mol. The second-order valence-corrected chi connectivity index (χ2v) is 7.47. The quantitative estimate of drug-likeness (QED) is 0.206. The fraction of sp³-hybridized carbons (Fsp3) is 0.0333. The van der Waals surface area contributed by atoms with Gasteiger partial charge in [-0.05, 0) is 16.7 Å². The average molecular weight is 445 g/mol. The zero-order valence-electron chi connectivity index (χ0n) is 18.6. The molecule has 0 unspecified atom stereocenters. The summed E-state index contributed by atoms with van der Waals surface area (Å²) in [6.07, 6.45) is 5.82. The Hall–Kier alpha value is -4.57.